The monoisotopic (exact) mass is 192 g/mol. The van der Waals surface area contributed by atoms with E-state index in [1.807, 2.05) is 19.1 Å². The van der Waals surface area contributed by atoms with Gasteiger partial charge in [0, 0.05) is 24.4 Å². The quantitative estimate of drug-likeness (QED) is 0.794. The van der Waals surface area contributed by atoms with Crippen LogP contribution >= 0.6 is 0 Å². The zero-order valence-electron chi connectivity index (χ0n) is 8.49. The van der Waals surface area contributed by atoms with E-state index in [1.165, 1.54) is 19.3 Å². The van der Waals surface area contributed by atoms with Gasteiger partial charge in [0.25, 0.3) is 0 Å². The van der Waals surface area contributed by atoms with Gasteiger partial charge in [-0.15, -0.1) is 0 Å². The lowest BCUT2D eigenvalue weighted by Crippen LogP contribution is -2.24. The minimum atomic E-state index is 0.419. The van der Waals surface area contributed by atoms with Crippen molar-refractivity contribution in [3.05, 3.63) is 23.5 Å². The summed E-state index contributed by atoms with van der Waals surface area (Å²) in [6, 6.07) is 3.91. The van der Waals surface area contributed by atoms with Crippen LogP contribution in [0.1, 0.15) is 30.7 Å². The molecule has 0 radical (unpaired) electrons. The molecule has 3 nitrogen and oxygen atoms in total. The highest BCUT2D eigenvalue weighted by Crippen LogP contribution is 2.25. The average molecular weight is 192 g/mol. The van der Waals surface area contributed by atoms with E-state index in [-0.39, 0.29) is 0 Å². The average Bonchev–Trinajstić information content (AvgIpc) is 2.10. The molecule has 1 aromatic heterocycles. The van der Waals surface area contributed by atoms with Crippen LogP contribution in [0.15, 0.2) is 12.1 Å². The molecule has 0 unspecified atom stereocenters. The normalized spacial score (nSPS) is 16.4. The predicted octanol–water partition coefficient (Wildman–Crippen LogP) is 1.78. The Hall–Kier alpha value is -1.09. The van der Waals surface area contributed by atoms with Crippen molar-refractivity contribution in [2.24, 2.45) is 5.73 Å². The second kappa shape index (κ2) is 3.96. The van der Waals surface area contributed by atoms with Crippen molar-refractivity contribution in [1.82, 2.24) is 4.98 Å². The smallest absolute Gasteiger partial charge is 0.123 e. The van der Waals surface area contributed by atoms with Crippen LogP contribution in [-0.4, -0.2) is 11.1 Å². The van der Waals surface area contributed by atoms with Gasteiger partial charge in [0.15, 0.2) is 0 Å². The second-order valence-corrected chi connectivity index (χ2v) is 3.81. The van der Waals surface area contributed by atoms with E-state index < -0.39 is 0 Å². The summed E-state index contributed by atoms with van der Waals surface area (Å²) in [6.07, 6.45) is 4.07. The summed E-state index contributed by atoms with van der Waals surface area (Å²) >= 11 is 0. The standard InChI is InChI=1S/C11H16N2O/c1-8-5-11(6-9(7-12)13-8)14-10-3-2-4-10/h5-6,10H,2-4,7,12H2,1H3. The van der Waals surface area contributed by atoms with Gasteiger partial charge >= 0.3 is 0 Å². The lowest BCUT2D eigenvalue weighted by Gasteiger charge is -2.26. The molecule has 0 atom stereocenters. The van der Waals surface area contributed by atoms with Gasteiger partial charge in [-0.05, 0) is 26.2 Å². The number of nitrogens with zero attached hydrogens (tertiary/aromatic N) is 1. The molecule has 0 bridgehead atoms. The SMILES string of the molecule is Cc1cc(OC2CCC2)cc(CN)n1. The highest BCUT2D eigenvalue weighted by molar-refractivity contribution is 5.27. The molecule has 14 heavy (non-hydrogen) atoms. The number of pyridine rings is 1. The summed E-state index contributed by atoms with van der Waals surface area (Å²) in [4.78, 5) is 4.30. The largest absolute Gasteiger partial charge is 0.490 e. The van der Waals surface area contributed by atoms with Crippen LogP contribution in [0.3, 0.4) is 0 Å². The highest BCUT2D eigenvalue weighted by Gasteiger charge is 2.19. The van der Waals surface area contributed by atoms with Crippen molar-refractivity contribution in [2.45, 2.75) is 38.8 Å². The molecular weight excluding hydrogens is 176 g/mol. The zero-order valence-corrected chi connectivity index (χ0v) is 8.49. The van der Waals surface area contributed by atoms with Crippen LogP contribution in [0.5, 0.6) is 5.75 Å². The lowest BCUT2D eigenvalue weighted by molar-refractivity contribution is 0.120. The molecule has 2 N–H and O–H groups in total. The van der Waals surface area contributed by atoms with E-state index in [1.54, 1.807) is 0 Å². The fourth-order valence-electron chi connectivity index (χ4n) is 1.56. The number of hydrogen-bond acceptors (Lipinski definition) is 3. The molecule has 3 heteroatoms. The first-order chi connectivity index (χ1) is 6.78. The van der Waals surface area contributed by atoms with Gasteiger partial charge in [-0.2, -0.15) is 0 Å². The Morgan fingerprint density at radius 2 is 2.29 bits per heavy atom. The summed E-state index contributed by atoms with van der Waals surface area (Å²) < 4.78 is 5.78. The van der Waals surface area contributed by atoms with Crippen LogP contribution in [-0.2, 0) is 6.54 Å². The fourth-order valence-corrected chi connectivity index (χ4v) is 1.56. The van der Waals surface area contributed by atoms with Gasteiger partial charge in [-0.1, -0.05) is 0 Å². The molecule has 0 aliphatic heterocycles. The van der Waals surface area contributed by atoms with Gasteiger partial charge in [-0.25, -0.2) is 0 Å². The van der Waals surface area contributed by atoms with Crippen molar-refractivity contribution in [1.29, 1.82) is 0 Å². The third-order valence-corrected chi connectivity index (χ3v) is 2.54. The van der Waals surface area contributed by atoms with Gasteiger partial charge < -0.3 is 10.5 Å². The maximum absolute atomic E-state index is 5.78. The molecule has 1 heterocycles. The molecular formula is C11H16N2O. The predicted molar refractivity (Wildman–Crippen MR) is 55.1 cm³/mol. The summed E-state index contributed by atoms with van der Waals surface area (Å²) in [7, 11) is 0. The summed E-state index contributed by atoms with van der Waals surface area (Å²) in [5.74, 6) is 0.919. The molecule has 76 valence electrons. The first-order valence-corrected chi connectivity index (χ1v) is 5.12. The van der Waals surface area contributed by atoms with E-state index >= 15 is 0 Å². The minimum Gasteiger partial charge on any atom is -0.490 e. The van der Waals surface area contributed by atoms with E-state index in [9.17, 15) is 0 Å². The van der Waals surface area contributed by atoms with Crippen molar-refractivity contribution in [2.75, 3.05) is 0 Å². The number of aryl methyl sites for hydroxylation is 1. The Morgan fingerprint density at radius 3 is 2.86 bits per heavy atom. The first kappa shape index (κ1) is 9.46. The number of ether oxygens (including phenoxy) is 1. The van der Waals surface area contributed by atoms with Crippen LogP contribution in [0, 0.1) is 6.92 Å². The third-order valence-electron chi connectivity index (χ3n) is 2.54. The van der Waals surface area contributed by atoms with Crippen molar-refractivity contribution in [3.8, 4) is 5.75 Å². The number of rotatable bonds is 3. The molecule has 0 saturated heterocycles. The van der Waals surface area contributed by atoms with Gasteiger partial charge in [0.1, 0.15) is 5.75 Å². The number of aromatic nitrogens is 1. The molecule has 1 aliphatic carbocycles. The van der Waals surface area contributed by atoms with E-state index in [0.717, 1.165) is 17.1 Å². The zero-order chi connectivity index (χ0) is 9.97. The Kier molecular flexibility index (Phi) is 2.68. The van der Waals surface area contributed by atoms with Crippen molar-refractivity contribution in [3.63, 3.8) is 0 Å². The van der Waals surface area contributed by atoms with Crippen LogP contribution in [0.2, 0.25) is 0 Å². The topological polar surface area (TPSA) is 48.1 Å². The maximum Gasteiger partial charge on any atom is 0.123 e. The van der Waals surface area contributed by atoms with E-state index in [0.29, 0.717) is 12.6 Å². The number of hydrogen-bond donors (Lipinski definition) is 1. The molecule has 2 rings (SSSR count). The molecule has 1 aromatic rings. The van der Waals surface area contributed by atoms with E-state index in [2.05, 4.69) is 4.98 Å². The van der Waals surface area contributed by atoms with Crippen molar-refractivity contribution >= 4 is 0 Å². The fraction of sp³-hybridized carbons (Fsp3) is 0.545. The summed E-state index contributed by atoms with van der Waals surface area (Å²) in [6.45, 7) is 2.44. The van der Waals surface area contributed by atoms with Gasteiger partial charge in [0.2, 0.25) is 0 Å². The summed E-state index contributed by atoms with van der Waals surface area (Å²) in [5.41, 5.74) is 7.42. The van der Waals surface area contributed by atoms with Crippen LogP contribution in [0.4, 0.5) is 0 Å². The lowest BCUT2D eigenvalue weighted by atomic mass is 9.96. The van der Waals surface area contributed by atoms with Crippen LogP contribution < -0.4 is 10.5 Å². The Labute approximate surface area is 84.3 Å². The number of nitrogens with two attached hydrogens (primary N) is 1. The highest BCUT2D eigenvalue weighted by atomic mass is 16.5. The Balaban J connectivity index is 2.11. The molecule has 1 fully saturated rings. The van der Waals surface area contributed by atoms with E-state index in [4.69, 9.17) is 10.5 Å². The van der Waals surface area contributed by atoms with Crippen LogP contribution in [0.25, 0.3) is 0 Å². The molecule has 0 amide bonds. The van der Waals surface area contributed by atoms with Gasteiger partial charge in [0.05, 0.1) is 11.8 Å². The Bertz CT molecular complexity index is 321. The molecule has 0 aromatic carbocycles. The Morgan fingerprint density at radius 1 is 1.50 bits per heavy atom. The second-order valence-electron chi connectivity index (χ2n) is 3.81. The van der Waals surface area contributed by atoms with Crippen molar-refractivity contribution < 1.29 is 4.74 Å². The third kappa shape index (κ3) is 2.04. The van der Waals surface area contributed by atoms with Gasteiger partial charge in [-0.3, -0.25) is 4.98 Å². The first-order valence-electron chi connectivity index (χ1n) is 5.12. The molecule has 1 saturated carbocycles. The molecule has 0 spiro atoms. The molecule has 1 aliphatic rings. The maximum atomic E-state index is 5.78. The summed E-state index contributed by atoms with van der Waals surface area (Å²) in [5, 5.41) is 0. The minimum absolute atomic E-state index is 0.419.